The fraction of sp³-hybridized carbons (Fsp3) is 0. The highest BCUT2D eigenvalue weighted by molar-refractivity contribution is 6.42. The number of carbonyl (C=O) groups is 1. The molecule has 2 aromatic carbocycles. The van der Waals surface area contributed by atoms with Crippen molar-refractivity contribution in [2.75, 3.05) is 0 Å². The van der Waals surface area contributed by atoms with E-state index >= 15 is 0 Å². The molecular formula is C14H7Cl3N2O2. The van der Waals surface area contributed by atoms with Gasteiger partial charge in [-0.05, 0) is 30.3 Å². The molecule has 7 heteroatoms. The number of imidazole rings is 1. The number of nitrogens with one attached hydrogen (secondary N) is 1. The molecule has 2 N–H and O–H groups in total. The molecule has 0 spiro atoms. The number of aromatic amines is 1. The van der Waals surface area contributed by atoms with Crippen LogP contribution in [0.3, 0.4) is 0 Å². The summed E-state index contributed by atoms with van der Waals surface area (Å²) in [5, 5.41) is 10.2. The number of hydrogen-bond acceptors (Lipinski definition) is 2. The third-order valence-electron chi connectivity index (χ3n) is 2.98. The van der Waals surface area contributed by atoms with E-state index in [9.17, 15) is 4.79 Å². The van der Waals surface area contributed by atoms with Crippen LogP contribution in [0.1, 0.15) is 10.4 Å². The van der Waals surface area contributed by atoms with Crippen LogP contribution in [-0.4, -0.2) is 21.0 Å². The van der Waals surface area contributed by atoms with Gasteiger partial charge in [-0.3, -0.25) is 0 Å². The quantitative estimate of drug-likeness (QED) is 0.697. The summed E-state index contributed by atoms with van der Waals surface area (Å²) in [4.78, 5) is 18.4. The number of H-pyrrole nitrogens is 1. The molecule has 0 fully saturated rings. The zero-order chi connectivity index (χ0) is 15.1. The second-order valence-electron chi connectivity index (χ2n) is 4.37. The molecule has 3 aromatic rings. The first-order valence-electron chi connectivity index (χ1n) is 5.83. The monoisotopic (exact) mass is 340 g/mol. The van der Waals surface area contributed by atoms with Crippen molar-refractivity contribution in [1.82, 2.24) is 9.97 Å². The van der Waals surface area contributed by atoms with Crippen LogP contribution in [0.15, 0.2) is 30.3 Å². The number of nitrogens with zero attached hydrogens (tertiary/aromatic N) is 1. The van der Waals surface area contributed by atoms with Gasteiger partial charge in [0, 0.05) is 5.56 Å². The number of aromatic carboxylic acids is 1. The third kappa shape index (κ3) is 2.58. The van der Waals surface area contributed by atoms with Gasteiger partial charge >= 0.3 is 5.97 Å². The third-order valence-corrected chi connectivity index (χ3v) is 4.01. The van der Waals surface area contributed by atoms with Crippen molar-refractivity contribution in [2.45, 2.75) is 0 Å². The van der Waals surface area contributed by atoms with E-state index in [1.165, 1.54) is 12.1 Å². The van der Waals surface area contributed by atoms with Gasteiger partial charge in [-0.25, -0.2) is 9.78 Å². The molecule has 0 amide bonds. The summed E-state index contributed by atoms with van der Waals surface area (Å²) in [6.45, 7) is 0. The molecule has 4 nitrogen and oxygen atoms in total. The van der Waals surface area contributed by atoms with E-state index in [0.717, 1.165) is 5.56 Å². The largest absolute Gasteiger partial charge is 0.478 e. The minimum atomic E-state index is -1.05. The van der Waals surface area contributed by atoms with Crippen molar-refractivity contribution in [3.8, 4) is 11.4 Å². The van der Waals surface area contributed by atoms with Crippen LogP contribution in [0.4, 0.5) is 0 Å². The summed E-state index contributed by atoms with van der Waals surface area (Å²) in [6, 6.07) is 7.95. The summed E-state index contributed by atoms with van der Waals surface area (Å²) in [6.07, 6.45) is 0. The lowest BCUT2D eigenvalue weighted by Gasteiger charge is -1.99. The average Bonchev–Trinajstić information content (AvgIpc) is 2.86. The molecule has 1 heterocycles. The van der Waals surface area contributed by atoms with Gasteiger partial charge in [-0.1, -0.05) is 34.8 Å². The van der Waals surface area contributed by atoms with Gasteiger partial charge in [-0.2, -0.15) is 0 Å². The molecule has 0 atom stereocenters. The van der Waals surface area contributed by atoms with Crippen molar-refractivity contribution in [3.05, 3.63) is 51.0 Å². The van der Waals surface area contributed by atoms with E-state index < -0.39 is 5.97 Å². The Bertz CT molecular complexity index is 874. The Morgan fingerprint density at radius 2 is 1.81 bits per heavy atom. The average molecular weight is 342 g/mol. The summed E-state index contributed by atoms with van der Waals surface area (Å²) in [7, 11) is 0. The van der Waals surface area contributed by atoms with Crippen molar-refractivity contribution in [3.63, 3.8) is 0 Å². The lowest BCUT2D eigenvalue weighted by molar-refractivity contribution is 0.0697. The van der Waals surface area contributed by atoms with Crippen LogP contribution in [0.2, 0.25) is 15.1 Å². The first-order chi connectivity index (χ1) is 9.95. The smallest absolute Gasteiger partial charge is 0.335 e. The van der Waals surface area contributed by atoms with Gasteiger partial charge in [0.05, 0.1) is 26.1 Å². The maximum Gasteiger partial charge on any atom is 0.335 e. The molecule has 0 aliphatic heterocycles. The van der Waals surface area contributed by atoms with E-state index in [1.54, 1.807) is 18.2 Å². The predicted octanol–water partition coefficient (Wildman–Crippen LogP) is 4.89. The lowest BCUT2D eigenvalue weighted by atomic mass is 10.2. The fourth-order valence-corrected chi connectivity index (χ4v) is 2.54. The standard InChI is InChI=1S/C14H7Cl3N2O2/c15-8-2-1-6(3-9(8)16)13-18-11-5-7(14(20)21)4-10(17)12(11)19-13/h1-5H,(H,18,19)(H,20,21). The molecule has 0 aliphatic carbocycles. The van der Waals surface area contributed by atoms with Crippen LogP contribution in [0, 0.1) is 0 Å². The predicted molar refractivity (Wildman–Crippen MR) is 83.5 cm³/mol. The number of rotatable bonds is 2. The molecule has 106 valence electrons. The van der Waals surface area contributed by atoms with Crippen LogP contribution >= 0.6 is 34.8 Å². The zero-order valence-corrected chi connectivity index (χ0v) is 12.6. The van der Waals surface area contributed by atoms with E-state index in [1.807, 2.05) is 0 Å². The van der Waals surface area contributed by atoms with E-state index in [-0.39, 0.29) is 10.6 Å². The molecular weight excluding hydrogens is 335 g/mol. The number of hydrogen-bond donors (Lipinski definition) is 2. The van der Waals surface area contributed by atoms with Gasteiger partial charge in [0.2, 0.25) is 0 Å². The maximum atomic E-state index is 11.0. The normalized spacial score (nSPS) is 11.0. The van der Waals surface area contributed by atoms with Crippen molar-refractivity contribution in [1.29, 1.82) is 0 Å². The highest BCUT2D eigenvalue weighted by Crippen LogP contribution is 2.30. The molecule has 0 bridgehead atoms. The van der Waals surface area contributed by atoms with Gasteiger partial charge in [0.25, 0.3) is 0 Å². The second kappa shape index (κ2) is 5.22. The molecule has 1 aromatic heterocycles. The first-order valence-corrected chi connectivity index (χ1v) is 6.97. The van der Waals surface area contributed by atoms with Gasteiger partial charge < -0.3 is 10.1 Å². The van der Waals surface area contributed by atoms with E-state index in [2.05, 4.69) is 9.97 Å². The minimum absolute atomic E-state index is 0.0943. The Morgan fingerprint density at radius 3 is 2.48 bits per heavy atom. The Balaban J connectivity index is 2.18. The summed E-state index contributed by atoms with van der Waals surface area (Å²) < 4.78 is 0. The lowest BCUT2D eigenvalue weighted by Crippen LogP contribution is -1.95. The Morgan fingerprint density at radius 1 is 1.05 bits per heavy atom. The Labute approximate surface area is 134 Å². The number of benzene rings is 2. The molecule has 3 rings (SSSR count). The highest BCUT2D eigenvalue weighted by Gasteiger charge is 2.13. The topological polar surface area (TPSA) is 66.0 Å². The van der Waals surface area contributed by atoms with Crippen LogP contribution in [0.5, 0.6) is 0 Å². The number of halogens is 3. The maximum absolute atomic E-state index is 11.0. The number of fused-ring (bicyclic) bond motifs is 1. The SMILES string of the molecule is O=C(O)c1cc(Cl)c2nc(-c3ccc(Cl)c(Cl)c3)[nH]c2c1. The number of carboxylic acids is 1. The molecule has 0 saturated carbocycles. The number of aromatic nitrogens is 2. The van der Waals surface area contributed by atoms with Crippen LogP contribution < -0.4 is 0 Å². The van der Waals surface area contributed by atoms with Gasteiger partial charge in [0.1, 0.15) is 11.3 Å². The molecule has 0 saturated heterocycles. The molecule has 0 radical (unpaired) electrons. The number of carboxylic acid groups (broad SMARTS) is 1. The van der Waals surface area contributed by atoms with Crippen molar-refractivity contribution in [2.24, 2.45) is 0 Å². The second-order valence-corrected chi connectivity index (χ2v) is 5.60. The Hall–Kier alpha value is -1.75. The summed E-state index contributed by atoms with van der Waals surface area (Å²) in [5.41, 5.74) is 1.87. The van der Waals surface area contributed by atoms with Crippen molar-refractivity contribution >= 4 is 51.8 Å². The Kier molecular flexibility index (Phi) is 3.53. The molecule has 0 unspecified atom stereocenters. The molecule has 21 heavy (non-hydrogen) atoms. The van der Waals surface area contributed by atoms with E-state index in [4.69, 9.17) is 39.9 Å². The fourth-order valence-electron chi connectivity index (χ4n) is 1.98. The van der Waals surface area contributed by atoms with Gasteiger partial charge in [-0.15, -0.1) is 0 Å². The van der Waals surface area contributed by atoms with Crippen LogP contribution in [-0.2, 0) is 0 Å². The van der Waals surface area contributed by atoms with E-state index in [0.29, 0.717) is 26.9 Å². The summed E-state index contributed by atoms with van der Waals surface area (Å²) in [5.74, 6) is -0.516. The van der Waals surface area contributed by atoms with Gasteiger partial charge in [0.15, 0.2) is 0 Å². The highest BCUT2D eigenvalue weighted by atomic mass is 35.5. The first kappa shape index (κ1) is 14.2. The minimum Gasteiger partial charge on any atom is -0.478 e. The van der Waals surface area contributed by atoms with Crippen molar-refractivity contribution < 1.29 is 9.90 Å². The molecule has 0 aliphatic rings. The van der Waals surface area contributed by atoms with Crippen LogP contribution in [0.25, 0.3) is 22.4 Å². The summed E-state index contributed by atoms with van der Waals surface area (Å²) >= 11 is 17.9. The zero-order valence-electron chi connectivity index (χ0n) is 10.3.